The van der Waals surface area contributed by atoms with Crippen molar-refractivity contribution < 1.29 is 19.2 Å². The van der Waals surface area contributed by atoms with Crippen molar-refractivity contribution in [1.29, 1.82) is 0 Å². The molecule has 5 atom stereocenters. The maximum absolute atomic E-state index is 13.2. The lowest BCUT2D eigenvalue weighted by Crippen LogP contribution is -2.54. The molecule has 1 aromatic rings. The van der Waals surface area contributed by atoms with Crippen LogP contribution in [0.1, 0.15) is 64.8 Å². The van der Waals surface area contributed by atoms with Crippen LogP contribution in [0.25, 0.3) is 0 Å². The first kappa shape index (κ1) is 19.4. The quantitative estimate of drug-likeness (QED) is 0.628. The second kappa shape index (κ2) is 7.28. The molecule has 0 radical (unpaired) electrons. The Bertz CT molecular complexity index is 945. The number of carbonyl (C=O) groups excluding carboxylic acids is 4. The monoisotopic (exact) mass is 410 g/mol. The fraction of sp³-hybridized carbons (Fsp3) is 0.545. The average Bonchev–Trinajstić information content (AvgIpc) is 2.98. The molecule has 2 aliphatic heterocycles. The molecule has 1 saturated heterocycles. The number of amides is 4. The lowest BCUT2D eigenvalue weighted by Gasteiger charge is -2.46. The van der Waals surface area contributed by atoms with Crippen molar-refractivity contribution in [2.24, 2.45) is 17.6 Å². The Kier molecular flexibility index (Phi) is 4.71. The number of benzene rings is 1. The molecule has 30 heavy (non-hydrogen) atoms. The van der Waals surface area contributed by atoms with E-state index >= 15 is 0 Å². The van der Waals surface area contributed by atoms with Crippen LogP contribution < -0.4 is 16.4 Å². The summed E-state index contributed by atoms with van der Waals surface area (Å²) in [6.07, 6.45) is 4.85. The Hall–Kier alpha value is -2.58. The van der Waals surface area contributed by atoms with E-state index in [-0.39, 0.29) is 24.8 Å². The van der Waals surface area contributed by atoms with Gasteiger partial charge in [-0.25, -0.2) is 0 Å². The third kappa shape index (κ3) is 3.06. The van der Waals surface area contributed by atoms with Crippen molar-refractivity contribution in [3.05, 3.63) is 34.9 Å². The van der Waals surface area contributed by atoms with Gasteiger partial charge in [0, 0.05) is 25.0 Å². The maximum atomic E-state index is 13.2. The van der Waals surface area contributed by atoms with Gasteiger partial charge in [0.15, 0.2) is 0 Å². The molecule has 2 heterocycles. The molecule has 6 rings (SSSR count). The molecule has 2 bridgehead atoms. The molecular weight excluding hydrogens is 384 g/mol. The molecule has 3 aliphatic carbocycles. The van der Waals surface area contributed by atoms with Gasteiger partial charge in [0.2, 0.25) is 11.8 Å². The van der Waals surface area contributed by atoms with Gasteiger partial charge in [0.05, 0.1) is 11.1 Å². The van der Waals surface area contributed by atoms with Crippen LogP contribution in [0.3, 0.4) is 0 Å². The standard InChI is InChI=1S/C22H26N4O4/c23-15-8-11-4-5-13(15)16(9-11)24-10-12-2-1-3-14-19(12)22(30)26(21(14)29)17-6-7-18(27)25-20(17)28/h1-3,11,13,15-17,24H,4-10,23H2,(H,25,27,28)/t11-,13+,15-,16+,17?/m1/s1. The summed E-state index contributed by atoms with van der Waals surface area (Å²) in [5.74, 6) is -0.779. The minimum atomic E-state index is -0.942. The third-order valence-electron chi connectivity index (χ3n) is 7.28. The largest absolute Gasteiger partial charge is 0.327 e. The molecule has 0 aromatic heterocycles. The second-order valence-corrected chi connectivity index (χ2v) is 9.02. The summed E-state index contributed by atoms with van der Waals surface area (Å²) in [5, 5.41) is 5.82. The molecule has 5 aliphatic rings. The molecular formula is C22H26N4O4. The molecule has 4 fully saturated rings. The minimum Gasteiger partial charge on any atom is -0.327 e. The van der Waals surface area contributed by atoms with E-state index in [0.717, 1.165) is 29.7 Å². The molecule has 4 amide bonds. The fourth-order valence-corrected chi connectivity index (χ4v) is 5.78. The van der Waals surface area contributed by atoms with Crippen LogP contribution in [0.15, 0.2) is 18.2 Å². The smallest absolute Gasteiger partial charge is 0.262 e. The molecule has 0 spiro atoms. The van der Waals surface area contributed by atoms with Crippen LogP contribution in [-0.2, 0) is 16.1 Å². The Labute approximate surface area is 174 Å². The van der Waals surface area contributed by atoms with Crippen LogP contribution in [-0.4, -0.2) is 46.7 Å². The molecule has 3 saturated carbocycles. The SMILES string of the molecule is N[C@@H]1C[C@H]2CC[C@@H]1[C@@H](NCc1cccc3c1C(=O)N(C1CCC(=O)NC1=O)C3=O)C2. The first-order chi connectivity index (χ1) is 14.4. The summed E-state index contributed by atoms with van der Waals surface area (Å²) in [6.45, 7) is 0.478. The summed E-state index contributed by atoms with van der Waals surface area (Å²) >= 11 is 0. The van der Waals surface area contributed by atoms with Crippen molar-refractivity contribution in [1.82, 2.24) is 15.5 Å². The van der Waals surface area contributed by atoms with E-state index in [9.17, 15) is 19.2 Å². The van der Waals surface area contributed by atoms with Gasteiger partial charge in [-0.1, -0.05) is 12.1 Å². The van der Waals surface area contributed by atoms with Crippen LogP contribution in [0.2, 0.25) is 0 Å². The highest BCUT2D eigenvalue weighted by Gasteiger charge is 2.46. The lowest BCUT2D eigenvalue weighted by atomic mass is 9.65. The number of nitrogens with two attached hydrogens (primary N) is 1. The normalized spacial score (nSPS) is 33.1. The highest BCUT2D eigenvalue weighted by Crippen LogP contribution is 2.41. The Morgan fingerprint density at radius 2 is 1.90 bits per heavy atom. The molecule has 8 nitrogen and oxygen atoms in total. The minimum absolute atomic E-state index is 0.114. The number of piperidine rings is 1. The molecule has 1 unspecified atom stereocenters. The second-order valence-electron chi connectivity index (χ2n) is 9.02. The van der Waals surface area contributed by atoms with Gasteiger partial charge in [-0.2, -0.15) is 0 Å². The van der Waals surface area contributed by atoms with Crippen molar-refractivity contribution in [2.45, 2.75) is 63.2 Å². The highest BCUT2D eigenvalue weighted by atomic mass is 16.2. The van der Waals surface area contributed by atoms with Gasteiger partial charge in [-0.15, -0.1) is 0 Å². The summed E-state index contributed by atoms with van der Waals surface area (Å²) in [7, 11) is 0. The number of fused-ring (bicyclic) bond motifs is 4. The zero-order chi connectivity index (χ0) is 21.0. The number of hydrogen-bond donors (Lipinski definition) is 3. The number of imide groups is 2. The van der Waals surface area contributed by atoms with Gasteiger partial charge in [-0.3, -0.25) is 29.4 Å². The van der Waals surface area contributed by atoms with Gasteiger partial charge >= 0.3 is 0 Å². The van der Waals surface area contributed by atoms with Gasteiger partial charge < -0.3 is 11.1 Å². The van der Waals surface area contributed by atoms with Gasteiger partial charge in [0.25, 0.3) is 11.8 Å². The van der Waals surface area contributed by atoms with Crippen LogP contribution in [0.4, 0.5) is 0 Å². The number of rotatable bonds is 4. The van der Waals surface area contributed by atoms with Crippen molar-refractivity contribution in [2.75, 3.05) is 0 Å². The van der Waals surface area contributed by atoms with E-state index in [1.807, 2.05) is 6.07 Å². The molecule has 158 valence electrons. The molecule has 1 aromatic carbocycles. The highest BCUT2D eigenvalue weighted by molar-refractivity contribution is 6.24. The maximum Gasteiger partial charge on any atom is 0.262 e. The first-order valence-corrected chi connectivity index (χ1v) is 10.8. The van der Waals surface area contributed by atoms with Gasteiger partial charge in [0.1, 0.15) is 6.04 Å². The Balaban J connectivity index is 1.36. The number of carbonyl (C=O) groups is 4. The zero-order valence-corrected chi connectivity index (χ0v) is 16.7. The third-order valence-corrected chi connectivity index (χ3v) is 7.28. The van der Waals surface area contributed by atoms with Crippen molar-refractivity contribution in [3.63, 3.8) is 0 Å². The Morgan fingerprint density at radius 3 is 2.63 bits per heavy atom. The predicted molar refractivity (Wildman–Crippen MR) is 107 cm³/mol. The van der Waals surface area contributed by atoms with Crippen molar-refractivity contribution >= 4 is 23.6 Å². The van der Waals surface area contributed by atoms with Crippen LogP contribution in [0, 0.1) is 11.8 Å². The predicted octanol–water partition coefficient (Wildman–Crippen LogP) is 0.693. The van der Waals surface area contributed by atoms with Crippen molar-refractivity contribution in [3.8, 4) is 0 Å². The first-order valence-electron chi connectivity index (χ1n) is 10.8. The van der Waals surface area contributed by atoms with Gasteiger partial charge in [-0.05, 0) is 55.6 Å². The number of nitrogens with one attached hydrogen (secondary N) is 2. The van der Waals surface area contributed by atoms with Crippen LogP contribution in [0.5, 0.6) is 0 Å². The van der Waals surface area contributed by atoms with E-state index < -0.39 is 23.8 Å². The summed E-state index contributed by atoms with van der Waals surface area (Å²) in [4.78, 5) is 50.8. The van der Waals surface area contributed by atoms with E-state index in [1.165, 1.54) is 6.42 Å². The summed E-state index contributed by atoms with van der Waals surface area (Å²) < 4.78 is 0. The van der Waals surface area contributed by atoms with E-state index in [2.05, 4.69) is 10.6 Å². The topological polar surface area (TPSA) is 122 Å². The fourth-order valence-electron chi connectivity index (χ4n) is 5.78. The average molecular weight is 410 g/mol. The lowest BCUT2D eigenvalue weighted by molar-refractivity contribution is -0.136. The van der Waals surface area contributed by atoms with E-state index in [1.54, 1.807) is 12.1 Å². The van der Waals surface area contributed by atoms with E-state index in [0.29, 0.717) is 35.5 Å². The molecule has 8 heteroatoms. The van der Waals surface area contributed by atoms with E-state index in [4.69, 9.17) is 5.73 Å². The zero-order valence-electron chi connectivity index (χ0n) is 16.7. The number of hydrogen-bond acceptors (Lipinski definition) is 6. The number of nitrogens with zero attached hydrogens (tertiary/aromatic N) is 1. The Morgan fingerprint density at radius 1 is 1.07 bits per heavy atom. The molecule has 4 N–H and O–H groups in total. The van der Waals surface area contributed by atoms with Crippen LogP contribution >= 0.6 is 0 Å². The summed E-state index contributed by atoms with van der Waals surface area (Å²) in [5.41, 5.74) is 7.78. The summed E-state index contributed by atoms with van der Waals surface area (Å²) in [6, 6.07) is 4.86.